The quantitative estimate of drug-likeness (QED) is 0.194. The van der Waals surface area contributed by atoms with Crippen molar-refractivity contribution in [3.63, 3.8) is 0 Å². The van der Waals surface area contributed by atoms with Gasteiger partial charge >= 0.3 is 59.1 Å². The topological polar surface area (TPSA) is 80.3 Å². The zero-order valence-electron chi connectivity index (χ0n) is 14.4. The summed E-state index contributed by atoms with van der Waals surface area (Å²) in [4.78, 5) is 21.1. The molecule has 0 aromatic carbocycles. The van der Waals surface area contributed by atoms with Crippen molar-refractivity contribution < 1.29 is 78.9 Å². The van der Waals surface area contributed by atoms with Crippen molar-refractivity contribution in [2.24, 2.45) is 5.92 Å². The molecule has 1 atom stereocenters. The number of rotatable bonds is 13. The van der Waals surface area contributed by atoms with Gasteiger partial charge in [0.2, 0.25) is 0 Å². The van der Waals surface area contributed by atoms with Crippen LogP contribution in [0.25, 0.3) is 0 Å². The van der Waals surface area contributed by atoms with Gasteiger partial charge in [0.05, 0.1) is 0 Å². The molecule has 4 nitrogen and oxygen atoms in total. The summed E-state index contributed by atoms with van der Waals surface area (Å²) < 4.78 is 0. The van der Waals surface area contributed by atoms with Gasteiger partial charge in [-0.05, 0) is 25.7 Å². The Hall–Kier alpha value is 0.680. The largest absolute Gasteiger partial charge is 1.00 e. The normalized spacial score (nSPS) is 11.5. The smallest absolute Gasteiger partial charge is 0.550 e. The monoisotopic (exact) mass is 328 g/mol. The molecule has 0 N–H and O–H groups in total. The van der Waals surface area contributed by atoms with E-state index in [9.17, 15) is 19.8 Å². The Balaban J connectivity index is -0.00000180. The molecular formula is C16H26Na2O4. The van der Waals surface area contributed by atoms with E-state index in [2.05, 4.69) is 6.92 Å². The molecule has 0 rings (SSSR count). The number of carboxylic acid groups (broad SMARTS) is 2. The average Bonchev–Trinajstić information content (AvgIpc) is 2.39. The summed E-state index contributed by atoms with van der Waals surface area (Å²) >= 11 is 0. The minimum absolute atomic E-state index is 0. The molecule has 0 aliphatic carbocycles. The summed E-state index contributed by atoms with van der Waals surface area (Å²) in [5, 5.41) is 21.1. The van der Waals surface area contributed by atoms with Crippen LogP contribution in [0.3, 0.4) is 0 Å². The first-order valence-electron chi connectivity index (χ1n) is 7.63. The Labute approximate surface area is 178 Å². The van der Waals surface area contributed by atoms with Crippen molar-refractivity contribution in [2.45, 2.75) is 71.1 Å². The van der Waals surface area contributed by atoms with Crippen molar-refractivity contribution >= 4 is 11.9 Å². The van der Waals surface area contributed by atoms with E-state index < -0.39 is 24.3 Å². The fourth-order valence-electron chi connectivity index (χ4n) is 2.06. The Bertz CT molecular complexity index is 307. The van der Waals surface area contributed by atoms with E-state index in [0.29, 0.717) is 0 Å². The van der Waals surface area contributed by atoms with Crippen molar-refractivity contribution in [1.29, 1.82) is 0 Å². The average molecular weight is 328 g/mol. The van der Waals surface area contributed by atoms with Crippen molar-refractivity contribution in [3.8, 4) is 0 Å². The predicted octanol–water partition coefficient (Wildman–Crippen LogP) is -4.41. The van der Waals surface area contributed by atoms with E-state index >= 15 is 0 Å². The number of carbonyl (C=O) groups excluding carboxylic acids is 2. The molecule has 0 heterocycles. The Morgan fingerprint density at radius 3 is 1.95 bits per heavy atom. The summed E-state index contributed by atoms with van der Waals surface area (Å²) in [5.74, 6) is -3.65. The molecule has 0 aromatic rings. The number of hydrogen-bond donors (Lipinski definition) is 0. The second kappa shape index (κ2) is 19.7. The van der Waals surface area contributed by atoms with Crippen molar-refractivity contribution in [1.82, 2.24) is 0 Å². The van der Waals surface area contributed by atoms with E-state index in [4.69, 9.17) is 0 Å². The first-order valence-corrected chi connectivity index (χ1v) is 7.63. The number of carbonyl (C=O) groups is 2. The minimum atomic E-state index is -1.35. The van der Waals surface area contributed by atoms with Crippen molar-refractivity contribution in [2.75, 3.05) is 0 Å². The van der Waals surface area contributed by atoms with Gasteiger partial charge in [-0.1, -0.05) is 57.6 Å². The van der Waals surface area contributed by atoms with Gasteiger partial charge in [-0.3, -0.25) is 0 Å². The predicted molar refractivity (Wildman–Crippen MR) is 74.5 cm³/mol. The Morgan fingerprint density at radius 1 is 0.909 bits per heavy atom. The molecule has 0 bridgehead atoms. The van der Waals surface area contributed by atoms with Gasteiger partial charge < -0.3 is 19.8 Å². The third-order valence-corrected chi connectivity index (χ3v) is 3.31. The van der Waals surface area contributed by atoms with Crippen LogP contribution < -0.4 is 69.3 Å². The minimum Gasteiger partial charge on any atom is -0.550 e. The summed E-state index contributed by atoms with van der Waals surface area (Å²) in [6, 6.07) is 0. The fraction of sp³-hybridized carbons (Fsp3) is 0.750. The SMILES string of the molecule is CCCCCCCCC/C=C/CC(CC(=O)[O-])C(=O)[O-].[Na+].[Na+]. The standard InChI is InChI=1S/C16H28O4.2Na/c1-2-3-4-5-6-7-8-9-10-11-12-14(16(19)20)13-15(17)18;;/h10-11,14H,2-9,12-13H2,1H3,(H,17,18)(H,19,20);;/q;2*+1/p-2/b11-10+;;. The molecule has 116 valence electrons. The maximum atomic E-state index is 10.7. The molecule has 6 heteroatoms. The molecule has 1 unspecified atom stereocenters. The van der Waals surface area contributed by atoms with Gasteiger partial charge in [-0.25, -0.2) is 0 Å². The molecule has 0 fully saturated rings. The summed E-state index contributed by atoms with van der Waals surface area (Å²) in [6.45, 7) is 2.20. The van der Waals surface area contributed by atoms with Crippen LogP contribution in [0.4, 0.5) is 0 Å². The van der Waals surface area contributed by atoms with Crippen LogP contribution in [-0.4, -0.2) is 11.9 Å². The molecule has 0 aromatic heterocycles. The Kier molecular flexibility index (Phi) is 24.7. The number of aliphatic carboxylic acids is 2. The first kappa shape index (κ1) is 27.5. The van der Waals surface area contributed by atoms with E-state index in [1.165, 1.54) is 38.5 Å². The first-order chi connectivity index (χ1) is 9.57. The summed E-state index contributed by atoms with van der Waals surface area (Å²) in [6.07, 6.45) is 13.0. The van der Waals surface area contributed by atoms with E-state index in [0.717, 1.165) is 12.8 Å². The number of unbranched alkanes of at least 4 members (excludes halogenated alkanes) is 7. The van der Waals surface area contributed by atoms with Gasteiger partial charge in [0.1, 0.15) is 0 Å². The van der Waals surface area contributed by atoms with Crippen LogP contribution in [0.1, 0.15) is 71.1 Å². The maximum absolute atomic E-state index is 10.7. The van der Waals surface area contributed by atoms with Gasteiger partial charge in [0, 0.05) is 17.9 Å². The number of allylic oxidation sites excluding steroid dienone is 2. The zero-order valence-corrected chi connectivity index (χ0v) is 18.4. The Morgan fingerprint density at radius 2 is 1.45 bits per heavy atom. The number of carboxylic acids is 2. The molecule has 22 heavy (non-hydrogen) atoms. The maximum Gasteiger partial charge on any atom is 1.00 e. The summed E-state index contributed by atoms with van der Waals surface area (Å²) in [7, 11) is 0. The molecule has 0 aliphatic rings. The second-order valence-corrected chi connectivity index (χ2v) is 5.21. The second-order valence-electron chi connectivity index (χ2n) is 5.21. The molecule has 0 spiro atoms. The summed E-state index contributed by atoms with van der Waals surface area (Å²) in [5.41, 5.74) is 0. The van der Waals surface area contributed by atoms with Crippen LogP contribution in [0.5, 0.6) is 0 Å². The number of hydrogen-bond acceptors (Lipinski definition) is 4. The van der Waals surface area contributed by atoms with Crippen molar-refractivity contribution in [3.05, 3.63) is 12.2 Å². The van der Waals surface area contributed by atoms with E-state index in [-0.39, 0.29) is 65.5 Å². The zero-order chi connectivity index (χ0) is 15.2. The van der Waals surface area contributed by atoms with Crippen LogP contribution in [0, 0.1) is 5.92 Å². The third kappa shape index (κ3) is 18.7. The van der Waals surface area contributed by atoms with Crippen LogP contribution >= 0.6 is 0 Å². The van der Waals surface area contributed by atoms with Crippen LogP contribution in [0.15, 0.2) is 12.2 Å². The molecule has 0 saturated heterocycles. The van der Waals surface area contributed by atoms with Gasteiger partial charge in [-0.15, -0.1) is 0 Å². The molecule has 0 saturated carbocycles. The third-order valence-electron chi connectivity index (χ3n) is 3.31. The molecule has 0 radical (unpaired) electrons. The van der Waals surface area contributed by atoms with E-state index in [1.807, 2.05) is 6.08 Å². The molecule has 0 amide bonds. The van der Waals surface area contributed by atoms with Crippen LogP contribution in [-0.2, 0) is 9.59 Å². The molecule has 0 aliphatic heterocycles. The van der Waals surface area contributed by atoms with Gasteiger partial charge in [0.25, 0.3) is 0 Å². The fourth-order valence-corrected chi connectivity index (χ4v) is 2.06. The van der Waals surface area contributed by atoms with Gasteiger partial charge in [-0.2, -0.15) is 0 Å². The molecular weight excluding hydrogens is 302 g/mol. The van der Waals surface area contributed by atoms with Gasteiger partial charge in [0.15, 0.2) is 0 Å². The van der Waals surface area contributed by atoms with E-state index in [1.54, 1.807) is 6.08 Å². The van der Waals surface area contributed by atoms with Crippen LogP contribution in [0.2, 0.25) is 0 Å².